The van der Waals surface area contributed by atoms with Crippen molar-refractivity contribution in [1.82, 2.24) is 4.57 Å². The molecule has 10 nitrogen and oxygen atoms in total. The number of hydrogen-bond donors (Lipinski definition) is 0. The molecular weight excluding hydrogens is 639 g/mol. The number of aromatic nitrogens is 1. The lowest BCUT2D eigenvalue weighted by molar-refractivity contribution is -0.139. The van der Waals surface area contributed by atoms with Crippen molar-refractivity contribution in [2.75, 3.05) is 20.5 Å². The van der Waals surface area contributed by atoms with E-state index >= 15 is 0 Å². The molecule has 12 heteroatoms. The Morgan fingerprint density at radius 3 is 2.72 bits per heavy atom. The van der Waals surface area contributed by atoms with Gasteiger partial charge in [0.15, 0.2) is 27.8 Å². The zero-order valence-corrected chi connectivity index (χ0v) is 24.4. The van der Waals surface area contributed by atoms with Gasteiger partial charge in [0.1, 0.15) is 0 Å². The van der Waals surface area contributed by atoms with Crippen LogP contribution in [0.1, 0.15) is 37.9 Å². The number of carbonyl (C=O) groups excluding carboxylic acids is 2. The predicted molar refractivity (Wildman–Crippen MR) is 150 cm³/mol. The third-order valence-corrected chi connectivity index (χ3v) is 7.81. The van der Waals surface area contributed by atoms with Crippen molar-refractivity contribution in [1.29, 1.82) is 0 Å². The summed E-state index contributed by atoms with van der Waals surface area (Å²) in [5, 5.41) is 0. The summed E-state index contributed by atoms with van der Waals surface area (Å²) in [6, 6.07) is 8.01. The van der Waals surface area contributed by atoms with Crippen molar-refractivity contribution in [3.05, 3.63) is 76.0 Å². The molecule has 2 aliphatic heterocycles. The molecule has 0 unspecified atom stereocenters. The molecule has 0 saturated heterocycles. The number of rotatable bonds is 6. The lowest BCUT2D eigenvalue weighted by Gasteiger charge is -2.24. The highest BCUT2D eigenvalue weighted by Crippen LogP contribution is 2.38. The molecule has 0 saturated carbocycles. The minimum absolute atomic E-state index is 0.0969. The van der Waals surface area contributed by atoms with Crippen LogP contribution in [0.5, 0.6) is 23.0 Å². The van der Waals surface area contributed by atoms with Gasteiger partial charge in [0.05, 0.1) is 39.1 Å². The Morgan fingerprint density at radius 1 is 1.23 bits per heavy atom. The van der Waals surface area contributed by atoms with Crippen LogP contribution in [0.25, 0.3) is 6.08 Å². The average Bonchev–Trinajstić information content (AvgIpc) is 3.48. The molecule has 0 amide bonds. The highest BCUT2D eigenvalue weighted by Gasteiger charge is 2.34. The number of fused-ring (bicyclic) bond motifs is 2. The number of nitrogens with zero attached hydrogens (tertiary/aromatic N) is 2. The Balaban J connectivity index is 1.68. The van der Waals surface area contributed by atoms with Gasteiger partial charge in [0.25, 0.3) is 5.56 Å². The van der Waals surface area contributed by atoms with Gasteiger partial charge in [-0.15, -0.1) is 0 Å². The molecule has 0 bridgehead atoms. The summed E-state index contributed by atoms with van der Waals surface area (Å²) < 4.78 is 29.6. The Morgan fingerprint density at radius 2 is 2.00 bits per heavy atom. The van der Waals surface area contributed by atoms with Crippen LogP contribution in [0.2, 0.25) is 0 Å². The maximum Gasteiger partial charge on any atom is 0.338 e. The van der Waals surface area contributed by atoms with Crippen molar-refractivity contribution in [2.24, 2.45) is 4.99 Å². The summed E-state index contributed by atoms with van der Waals surface area (Å²) >= 11 is 3.25. The van der Waals surface area contributed by atoms with Crippen LogP contribution < -0.4 is 33.8 Å². The Bertz CT molecular complexity index is 1720. The fraction of sp³-hybridized carbons (Fsp3) is 0.259. The monoisotopic (exact) mass is 662 g/mol. The summed E-state index contributed by atoms with van der Waals surface area (Å²) in [4.78, 5) is 43.5. The first kappa shape index (κ1) is 26.9. The summed E-state index contributed by atoms with van der Waals surface area (Å²) in [5.74, 6) is 0.767. The van der Waals surface area contributed by atoms with E-state index in [1.807, 2.05) is 22.6 Å². The van der Waals surface area contributed by atoms with E-state index in [1.54, 1.807) is 50.3 Å². The molecule has 1 atom stereocenters. The standard InChI is InChI=1S/C27H23IN2O8S/c1-5-35-26(33)22-13(2)29-27-30(23(22)16-6-7-18-19(11-16)37-12-36-18)25(32)21(39-27)10-15-8-17(28)24(38-14(3)31)20(9-15)34-4/h6-11,23H,5,12H2,1-4H3/b21-10-/t23-/m0/s1. The van der Waals surface area contributed by atoms with E-state index in [0.29, 0.717) is 52.7 Å². The van der Waals surface area contributed by atoms with Crippen molar-refractivity contribution in [2.45, 2.75) is 26.8 Å². The molecule has 0 radical (unpaired) electrons. The third kappa shape index (κ3) is 5.05. The second-order valence-corrected chi connectivity index (χ2v) is 10.7. The van der Waals surface area contributed by atoms with Crippen LogP contribution in [0.15, 0.2) is 51.4 Å². The minimum Gasteiger partial charge on any atom is -0.493 e. The number of halogens is 1. The highest BCUT2D eigenvalue weighted by atomic mass is 127. The lowest BCUT2D eigenvalue weighted by atomic mass is 9.95. The zero-order chi connectivity index (χ0) is 27.8. The predicted octanol–water partition coefficient (Wildman–Crippen LogP) is 3.07. The van der Waals surface area contributed by atoms with Crippen molar-refractivity contribution in [3.63, 3.8) is 0 Å². The lowest BCUT2D eigenvalue weighted by Crippen LogP contribution is -2.39. The van der Waals surface area contributed by atoms with Crippen LogP contribution in [0.4, 0.5) is 0 Å². The fourth-order valence-electron chi connectivity index (χ4n) is 4.41. The maximum atomic E-state index is 13.9. The summed E-state index contributed by atoms with van der Waals surface area (Å²) in [5.41, 5.74) is 1.74. The third-order valence-electron chi connectivity index (χ3n) is 6.02. The molecule has 2 aromatic carbocycles. The number of benzene rings is 2. The zero-order valence-electron chi connectivity index (χ0n) is 21.4. The number of hydrogen-bond acceptors (Lipinski definition) is 10. The molecule has 0 fully saturated rings. The molecule has 0 spiro atoms. The smallest absolute Gasteiger partial charge is 0.338 e. The van der Waals surface area contributed by atoms with E-state index in [-0.39, 0.29) is 24.5 Å². The molecule has 202 valence electrons. The van der Waals surface area contributed by atoms with Gasteiger partial charge in [-0.25, -0.2) is 9.79 Å². The summed E-state index contributed by atoms with van der Waals surface area (Å²) in [6.07, 6.45) is 1.71. The second-order valence-electron chi connectivity index (χ2n) is 8.54. The van der Waals surface area contributed by atoms with E-state index in [9.17, 15) is 14.4 Å². The van der Waals surface area contributed by atoms with Gasteiger partial charge in [-0.3, -0.25) is 14.2 Å². The maximum absolute atomic E-state index is 13.9. The van der Waals surface area contributed by atoms with Crippen molar-refractivity contribution < 1.29 is 33.3 Å². The van der Waals surface area contributed by atoms with Crippen molar-refractivity contribution >= 4 is 51.9 Å². The van der Waals surface area contributed by atoms with Crippen molar-refractivity contribution in [3.8, 4) is 23.0 Å². The molecule has 1 aromatic heterocycles. The molecule has 39 heavy (non-hydrogen) atoms. The molecule has 3 aromatic rings. The number of allylic oxidation sites excluding steroid dienone is 1. The molecule has 0 N–H and O–H groups in total. The van der Waals surface area contributed by atoms with Gasteiger partial charge in [0.2, 0.25) is 6.79 Å². The largest absolute Gasteiger partial charge is 0.493 e. The Labute approximate surface area is 240 Å². The van der Waals surface area contributed by atoms with E-state index in [1.165, 1.54) is 29.9 Å². The summed E-state index contributed by atoms with van der Waals surface area (Å²) in [7, 11) is 1.47. The first-order valence-electron chi connectivity index (χ1n) is 11.9. The number of ether oxygens (including phenoxy) is 5. The van der Waals surface area contributed by atoms with Crippen LogP contribution in [-0.4, -0.2) is 37.0 Å². The Hall–Kier alpha value is -3.65. The topological polar surface area (TPSA) is 115 Å². The van der Waals surface area contributed by atoms with Gasteiger partial charge >= 0.3 is 11.9 Å². The normalized spacial score (nSPS) is 16.0. The SMILES string of the molecule is CCOC(=O)C1=C(C)N=c2s/c(=C\c3cc(I)c(OC(C)=O)c(OC)c3)c(=O)n2[C@H]1c1ccc2c(c1)OCO2. The van der Waals surface area contributed by atoms with Gasteiger partial charge in [-0.1, -0.05) is 17.4 Å². The van der Waals surface area contributed by atoms with Crippen LogP contribution in [0.3, 0.4) is 0 Å². The molecule has 5 rings (SSSR count). The molecule has 0 aliphatic carbocycles. The van der Waals surface area contributed by atoms with E-state index in [2.05, 4.69) is 4.99 Å². The summed E-state index contributed by atoms with van der Waals surface area (Å²) in [6.45, 7) is 5.04. The number of esters is 2. The number of carbonyl (C=O) groups is 2. The van der Waals surface area contributed by atoms with Gasteiger partial charge in [-0.05, 0) is 77.9 Å². The first-order chi connectivity index (χ1) is 18.7. The molecule has 2 aliphatic rings. The van der Waals surface area contributed by atoms with E-state index in [0.717, 1.165) is 0 Å². The van der Waals surface area contributed by atoms with Gasteiger partial charge < -0.3 is 23.7 Å². The highest BCUT2D eigenvalue weighted by molar-refractivity contribution is 14.1. The minimum atomic E-state index is -0.780. The first-order valence-corrected chi connectivity index (χ1v) is 13.8. The fourth-order valence-corrected chi connectivity index (χ4v) is 6.19. The van der Waals surface area contributed by atoms with Crippen LogP contribution in [-0.2, 0) is 14.3 Å². The molecular formula is C27H23IN2O8S. The number of thiazole rings is 1. The van der Waals surface area contributed by atoms with Gasteiger partial charge in [0, 0.05) is 6.92 Å². The second kappa shape index (κ2) is 10.8. The van der Waals surface area contributed by atoms with E-state index in [4.69, 9.17) is 23.7 Å². The Kier molecular flexibility index (Phi) is 7.49. The average molecular weight is 662 g/mol. The quantitative estimate of drug-likeness (QED) is 0.225. The molecule has 3 heterocycles. The van der Waals surface area contributed by atoms with Gasteiger partial charge in [-0.2, -0.15) is 0 Å². The van der Waals surface area contributed by atoms with E-state index < -0.39 is 18.0 Å². The number of methoxy groups -OCH3 is 1. The van der Waals surface area contributed by atoms with Crippen LogP contribution in [0, 0.1) is 3.57 Å². The van der Waals surface area contributed by atoms with Crippen LogP contribution >= 0.6 is 33.9 Å².